The molecular formula is C17H34N2. The maximum atomic E-state index is 3.55. The van der Waals surface area contributed by atoms with E-state index in [1.54, 1.807) is 0 Å². The molecule has 0 bridgehead atoms. The van der Waals surface area contributed by atoms with Crippen molar-refractivity contribution in [3.05, 3.63) is 0 Å². The van der Waals surface area contributed by atoms with Crippen molar-refractivity contribution < 1.29 is 0 Å². The third kappa shape index (κ3) is 4.19. The van der Waals surface area contributed by atoms with E-state index in [4.69, 9.17) is 0 Å². The first-order valence-electron chi connectivity index (χ1n) is 8.74. The summed E-state index contributed by atoms with van der Waals surface area (Å²) in [5.74, 6) is 0. The van der Waals surface area contributed by atoms with Gasteiger partial charge in [0.05, 0.1) is 0 Å². The summed E-state index contributed by atoms with van der Waals surface area (Å²) in [7, 11) is 0. The molecule has 0 aliphatic carbocycles. The summed E-state index contributed by atoms with van der Waals surface area (Å²) >= 11 is 0. The number of hydrogen-bond donors (Lipinski definition) is 1. The van der Waals surface area contributed by atoms with E-state index in [0.717, 1.165) is 6.04 Å². The molecule has 2 fully saturated rings. The highest BCUT2D eigenvalue weighted by Crippen LogP contribution is 2.37. The van der Waals surface area contributed by atoms with Gasteiger partial charge >= 0.3 is 0 Å². The Hall–Kier alpha value is -0.0800. The van der Waals surface area contributed by atoms with Crippen LogP contribution in [-0.4, -0.2) is 37.1 Å². The topological polar surface area (TPSA) is 15.3 Å². The van der Waals surface area contributed by atoms with Gasteiger partial charge in [0.25, 0.3) is 0 Å². The van der Waals surface area contributed by atoms with Crippen LogP contribution < -0.4 is 5.32 Å². The van der Waals surface area contributed by atoms with Crippen LogP contribution in [0.3, 0.4) is 0 Å². The molecule has 2 aliphatic heterocycles. The van der Waals surface area contributed by atoms with Crippen LogP contribution >= 0.6 is 0 Å². The molecule has 0 amide bonds. The molecule has 2 rings (SSSR count). The predicted octanol–water partition coefficient (Wildman–Crippen LogP) is 3.81. The zero-order valence-corrected chi connectivity index (χ0v) is 13.2. The predicted molar refractivity (Wildman–Crippen MR) is 83.6 cm³/mol. The largest absolute Gasteiger partial charge is 0.317 e. The Morgan fingerprint density at radius 2 is 1.89 bits per heavy atom. The summed E-state index contributed by atoms with van der Waals surface area (Å²) in [6.07, 6.45) is 12.7. The van der Waals surface area contributed by atoms with Crippen molar-refractivity contribution in [2.75, 3.05) is 26.2 Å². The molecular weight excluding hydrogens is 232 g/mol. The highest BCUT2D eigenvalue weighted by molar-refractivity contribution is 4.90. The molecule has 1 N–H and O–H groups in total. The van der Waals surface area contributed by atoms with Crippen LogP contribution in [0.5, 0.6) is 0 Å². The summed E-state index contributed by atoms with van der Waals surface area (Å²) in [6, 6.07) is 0.891. The third-order valence-electron chi connectivity index (χ3n) is 5.35. The Morgan fingerprint density at radius 1 is 1.11 bits per heavy atom. The molecule has 0 saturated carbocycles. The van der Waals surface area contributed by atoms with Crippen LogP contribution in [-0.2, 0) is 0 Å². The van der Waals surface area contributed by atoms with Crippen LogP contribution in [0.4, 0.5) is 0 Å². The molecule has 2 nitrogen and oxygen atoms in total. The Balaban J connectivity index is 1.97. The average Bonchev–Trinajstić information content (AvgIpc) is 2.43. The van der Waals surface area contributed by atoms with Crippen molar-refractivity contribution in [3.63, 3.8) is 0 Å². The van der Waals surface area contributed by atoms with Crippen molar-refractivity contribution in [2.24, 2.45) is 5.41 Å². The Bertz CT molecular complexity index is 238. The number of rotatable bonds is 6. The Labute approximate surface area is 120 Å². The van der Waals surface area contributed by atoms with E-state index in [9.17, 15) is 0 Å². The number of likely N-dealkylation sites (tertiary alicyclic amines) is 1. The van der Waals surface area contributed by atoms with Crippen molar-refractivity contribution in [1.82, 2.24) is 10.2 Å². The maximum absolute atomic E-state index is 3.55. The molecule has 0 aromatic carbocycles. The molecule has 0 spiro atoms. The lowest BCUT2D eigenvalue weighted by atomic mass is 9.74. The smallest absolute Gasteiger partial charge is 0.00953 e. The monoisotopic (exact) mass is 266 g/mol. The number of nitrogens with one attached hydrogen (secondary N) is 1. The van der Waals surface area contributed by atoms with Gasteiger partial charge in [0.1, 0.15) is 0 Å². The lowest BCUT2D eigenvalue weighted by molar-refractivity contribution is 0.0499. The SMILES string of the molecule is CCCC1CCCCN1CC1(CCC)CCNCC1. The van der Waals surface area contributed by atoms with Gasteiger partial charge in [0.15, 0.2) is 0 Å². The van der Waals surface area contributed by atoms with Crippen LogP contribution in [0, 0.1) is 5.41 Å². The Kier molecular flexibility index (Phi) is 6.15. The molecule has 1 unspecified atom stereocenters. The van der Waals surface area contributed by atoms with Crippen molar-refractivity contribution in [1.29, 1.82) is 0 Å². The van der Waals surface area contributed by atoms with Gasteiger partial charge in [0.2, 0.25) is 0 Å². The van der Waals surface area contributed by atoms with Gasteiger partial charge in [-0.05, 0) is 63.6 Å². The van der Waals surface area contributed by atoms with E-state index in [1.807, 2.05) is 0 Å². The number of nitrogens with zero attached hydrogens (tertiary/aromatic N) is 1. The second-order valence-corrected chi connectivity index (χ2v) is 6.91. The minimum Gasteiger partial charge on any atom is -0.317 e. The maximum Gasteiger partial charge on any atom is 0.00953 e. The third-order valence-corrected chi connectivity index (χ3v) is 5.35. The van der Waals surface area contributed by atoms with E-state index in [2.05, 4.69) is 24.1 Å². The molecule has 112 valence electrons. The van der Waals surface area contributed by atoms with Gasteiger partial charge in [-0.1, -0.05) is 33.1 Å². The fourth-order valence-corrected chi connectivity index (χ4v) is 4.33. The van der Waals surface area contributed by atoms with E-state index < -0.39 is 0 Å². The minimum atomic E-state index is 0.628. The first-order chi connectivity index (χ1) is 9.29. The molecule has 1 atom stereocenters. The summed E-state index contributed by atoms with van der Waals surface area (Å²) in [4.78, 5) is 2.87. The van der Waals surface area contributed by atoms with Crippen LogP contribution in [0.25, 0.3) is 0 Å². The minimum absolute atomic E-state index is 0.628. The first-order valence-corrected chi connectivity index (χ1v) is 8.74. The van der Waals surface area contributed by atoms with Crippen molar-refractivity contribution in [3.8, 4) is 0 Å². The van der Waals surface area contributed by atoms with Gasteiger partial charge in [-0.15, -0.1) is 0 Å². The standard InChI is InChI=1S/C17H34N2/c1-3-7-16-8-5-6-14-19(16)15-17(9-4-2)10-12-18-13-11-17/h16,18H,3-15H2,1-2H3. The molecule has 0 aromatic rings. The van der Waals surface area contributed by atoms with E-state index in [0.29, 0.717) is 5.41 Å². The molecule has 2 saturated heterocycles. The molecule has 2 heteroatoms. The fourth-order valence-electron chi connectivity index (χ4n) is 4.33. The van der Waals surface area contributed by atoms with Crippen LogP contribution in [0.15, 0.2) is 0 Å². The average molecular weight is 266 g/mol. The van der Waals surface area contributed by atoms with Gasteiger partial charge in [-0.3, -0.25) is 4.90 Å². The molecule has 0 radical (unpaired) electrons. The summed E-state index contributed by atoms with van der Waals surface area (Å²) < 4.78 is 0. The molecule has 2 heterocycles. The normalized spacial score (nSPS) is 28.4. The van der Waals surface area contributed by atoms with Gasteiger partial charge < -0.3 is 5.32 Å². The van der Waals surface area contributed by atoms with E-state index in [1.165, 1.54) is 84.0 Å². The van der Waals surface area contributed by atoms with E-state index in [-0.39, 0.29) is 0 Å². The van der Waals surface area contributed by atoms with Gasteiger partial charge in [-0.2, -0.15) is 0 Å². The van der Waals surface area contributed by atoms with Crippen LogP contribution in [0.2, 0.25) is 0 Å². The zero-order valence-electron chi connectivity index (χ0n) is 13.2. The number of hydrogen-bond acceptors (Lipinski definition) is 2. The second-order valence-electron chi connectivity index (χ2n) is 6.91. The molecule has 0 aromatic heterocycles. The molecule has 2 aliphatic rings. The summed E-state index contributed by atoms with van der Waals surface area (Å²) in [5, 5.41) is 3.55. The quantitative estimate of drug-likeness (QED) is 0.786. The highest BCUT2D eigenvalue weighted by atomic mass is 15.2. The lowest BCUT2D eigenvalue weighted by Gasteiger charge is -2.45. The van der Waals surface area contributed by atoms with E-state index >= 15 is 0 Å². The highest BCUT2D eigenvalue weighted by Gasteiger charge is 2.35. The van der Waals surface area contributed by atoms with Crippen molar-refractivity contribution >= 4 is 0 Å². The number of piperidine rings is 2. The van der Waals surface area contributed by atoms with Crippen LogP contribution in [0.1, 0.15) is 71.6 Å². The lowest BCUT2D eigenvalue weighted by Crippen LogP contribution is -2.49. The molecule has 19 heavy (non-hydrogen) atoms. The Morgan fingerprint density at radius 3 is 2.58 bits per heavy atom. The second kappa shape index (κ2) is 7.64. The summed E-state index contributed by atoms with van der Waals surface area (Å²) in [5.41, 5.74) is 0.628. The fraction of sp³-hybridized carbons (Fsp3) is 1.00. The zero-order chi connectivity index (χ0) is 13.6. The van der Waals surface area contributed by atoms with Crippen molar-refractivity contribution in [2.45, 2.75) is 77.7 Å². The van der Waals surface area contributed by atoms with Gasteiger partial charge in [-0.25, -0.2) is 0 Å². The van der Waals surface area contributed by atoms with Gasteiger partial charge in [0, 0.05) is 12.6 Å². The first kappa shape index (κ1) is 15.3. The summed E-state index contributed by atoms with van der Waals surface area (Å²) in [6.45, 7) is 9.94.